The fourth-order valence-corrected chi connectivity index (χ4v) is 3.63. The van der Waals surface area contributed by atoms with Crippen molar-refractivity contribution in [2.75, 3.05) is 5.32 Å². The summed E-state index contributed by atoms with van der Waals surface area (Å²) >= 11 is 7.39. The van der Waals surface area contributed by atoms with Crippen molar-refractivity contribution < 1.29 is 4.39 Å². The average Bonchev–Trinajstić information content (AvgIpc) is 2.57. The van der Waals surface area contributed by atoms with E-state index in [4.69, 9.17) is 0 Å². The molecule has 0 amide bonds. The molecule has 0 saturated heterocycles. The predicted octanol–water partition coefficient (Wildman–Crippen LogP) is 5.17. The molecule has 1 nitrogen and oxygen atoms in total. The maximum Gasteiger partial charge on any atom is 0.124 e. The van der Waals surface area contributed by atoms with Crippen molar-refractivity contribution >= 4 is 55.5 Å². The van der Waals surface area contributed by atoms with Gasteiger partial charge in [-0.1, -0.05) is 0 Å². The first kappa shape index (κ1) is 13.3. The lowest BCUT2D eigenvalue weighted by Gasteiger charge is -2.07. The van der Waals surface area contributed by atoms with Gasteiger partial charge in [-0.3, -0.25) is 0 Å². The van der Waals surface area contributed by atoms with Crippen LogP contribution in [0.2, 0.25) is 0 Å². The van der Waals surface area contributed by atoms with Crippen molar-refractivity contribution in [2.45, 2.75) is 13.5 Å². The van der Waals surface area contributed by atoms with E-state index in [9.17, 15) is 4.39 Å². The predicted molar refractivity (Wildman–Crippen MR) is 83.2 cm³/mol. The molecule has 0 aliphatic rings. The van der Waals surface area contributed by atoms with E-state index in [1.807, 2.05) is 0 Å². The minimum Gasteiger partial charge on any atom is -0.379 e. The molecule has 17 heavy (non-hydrogen) atoms. The molecule has 0 unspecified atom stereocenters. The molecule has 1 aromatic carbocycles. The van der Waals surface area contributed by atoms with Gasteiger partial charge in [-0.2, -0.15) is 0 Å². The summed E-state index contributed by atoms with van der Waals surface area (Å²) in [6.07, 6.45) is 0. The van der Waals surface area contributed by atoms with Gasteiger partial charge in [0.15, 0.2) is 0 Å². The molecule has 1 heterocycles. The second-order valence-electron chi connectivity index (χ2n) is 3.59. The van der Waals surface area contributed by atoms with Crippen LogP contribution >= 0.6 is 49.9 Å². The number of benzene rings is 1. The molecule has 0 bridgehead atoms. The third kappa shape index (κ3) is 3.42. The fraction of sp³-hybridized carbons (Fsp3) is 0.167. The Kier molecular flexibility index (Phi) is 4.43. The maximum atomic E-state index is 12.9. The van der Waals surface area contributed by atoms with Gasteiger partial charge in [0.05, 0.1) is 0 Å². The number of thiophene rings is 1. The zero-order chi connectivity index (χ0) is 12.4. The summed E-state index contributed by atoms with van der Waals surface area (Å²) in [4.78, 5) is 2.53. The van der Waals surface area contributed by atoms with Gasteiger partial charge in [0.2, 0.25) is 0 Å². The third-order valence-corrected chi connectivity index (χ3v) is 5.32. The van der Waals surface area contributed by atoms with Gasteiger partial charge in [-0.05, 0) is 69.7 Å². The molecule has 0 saturated carbocycles. The van der Waals surface area contributed by atoms with Gasteiger partial charge in [0.25, 0.3) is 0 Å². The van der Waals surface area contributed by atoms with E-state index in [0.717, 1.165) is 20.3 Å². The van der Waals surface area contributed by atoms with Crippen LogP contribution in [0.5, 0.6) is 0 Å². The zero-order valence-electron chi connectivity index (χ0n) is 9.06. The van der Waals surface area contributed by atoms with Gasteiger partial charge < -0.3 is 5.32 Å². The Morgan fingerprint density at radius 2 is 2.18 bits per heavy atom. The van der Waals surface area contributed by atoms with Crippen molar-refractivity contribution in [1.82, 2.24) is 0 Å². The molecule has 0 aliphatic heterocycles. The summed E-state index contributed by atoms with van der Waals surface area (Å²) in [5.41, 5.74) is 0.967. The quantitative estimate of drug-likeness (QED) is 0.668. The zero-order valence-corrected chi connectivity index (χ0v) is 13.6. The number of hydrogen-bond donors (Lipinski definition) is 1. The van der Waals surface area contributed by atoms with Gasteiger partial charge in [-0.25, -0.2) is 4.39 Å². The van der Waals surface area contributed by atoms with Crippen LogP contribution in [0.3, 0.4) is 0 Å². The van der Waals surface area contributed by atoms with Crippen molar-refractivity contribution in [3.8, 4) is 0 Å². The largest absolute Gasteiger partial charge is 0.379 e. The molecule has 0 radical (unpaired) electrons. The third-order valence-electron chi connectivity index (χ3n) is 2.29. The van der Waals surface area contributed by atoms with Crippen molar-refractivity contribution in [3.05, 3.63) is 47.9 Å². The summed E-state index contributed by atoms with van der Waals surface area (Å²) in [6.45, 7) is 2.85. The lowest BCUT2D eigenvalue weighted by molar-refractivity contribution is 0.627. The normalized spacial score (nSPS) is 10.6. The number of hydrogen-bond acceptors (Lipinski definition) is 2. The highest BCUT2D eigenvalue weighted by Crippen LogP contribution is 2.27. The molecule has 0 fully saturated rings. The Morgan fingerprint density at radius 1 is 1.41 bits per heavy atom. The van der Waals surface area contributed by atoms with Crippen LogP contribution in [-0.4, -0.2) is 0 Å². The summed E-state index contributed by atoms with van der Waals surface area (Å²) in [5.74, 6) is -0.199. The second kappa shape index (κ2) is 5.67. The Balaban J connectivity index is 2.07. The van der Waals surface area contributed by atoms with Crippen molar-refractivity contribution in [2.24, 2.45) is 0 Å². The number of aryl methyl sites for hydroxylation is 1. The average molecular weight is 426 g/mol. The molecule has 0 aliphatic carbocycles. The molecular formula is C12H10BrFINS. The molecule has 90 valence electrons. The Labute approximate surface area is 126 Å². The Hall–Kier alpha value is -0.140. The second-order valence-corrected chi connectivity index (χ2v) is 6.95. The van der Waals surface area contributed by atoms with E-state index in [2.05, 4.69) is 56.8 Å². The standard InChI is InChI=1S/C12H10BrFINS/c1-7-10(13)5-9(17-7)6-16-12-3-2-8(14)4-11(12)15/h2-5,16H,6H2,1H3. The summed E-state index contributed by atoms with van der Waals surface area (Å²) in [6, 6.07) is 6.88. The SMILES string of the molecule is Cc1sc(CNc2ccc(F)cc2I)cc1Br. The number of rotatable bonds is 3. The van der Waals surface area contributed by atoms with Crippen molar-refractivity contribution in [3.63, 3.8) is 0 Å². The first-order valence-electron chi connectivity index (χ1n) is 5.00. The molecule has 0 atom stereocenters. The first-order chi connectivity index (χ1) is 8.06. The number of nitrogens with one attached hydrogen (secondary N) is 1. The van der Waals surface area contributed by atoms with E-state index in [1.54, 1.807) is 17.4 Å². The minimum absolute atomic E-state index is 0.199. The van der Waals surface area contributed by atoms with Gasteiger partial charge in [0, 0.05) is 30.0 Å². The first-order valence-corrected chi connectivity index (χ1v) is 7.69. The summed E-state index contributed by atoms with van der Waals surface area (Å²) in [7, 11) is 0. The van der Waals surface area contributed by atoms with Crippen LogP contribution in [0.25, 0.3) is 0 Å². The number of anilines is 1. The van der Waals surface area contributed by atoms with Crippen LogP contribution in [-0.2, 0) is 6.54 Å². The molecular weight excluding hydrogens is 416 g/mol. The van der Waals surface area contributed by atoms with E-state index in [0.29, 0.717) is 0 Å². The minimum atomic E-state index is -0.199. The van der Waals surface area contributed by atoms with Crippen LogP contribution in [0, 0.1) is 16.3 Å². The van der Waals surface area contributed by atoms with E-state index in [-0.39, 0.29) is 5.82 Å². The monoisotopic (exact) mass is 425 g/mol. The Morgan fingerprint density at radius 3 is 2.76 bits per heavy atom. The Bertz CT molecular complexity index is 522. The highest BCUT2D eigenvalue weighted by atomic mass is 127. The van der Waals surface area contributed by atoms with E-state index in [1.165, 1.54) is 21.9 Å². The molecule has 1 aromatic heterocycles. The molecule has 0 spiro atoms. The lowest BCUT2D eigenvalue weighted by Crippen LogP contribution is -1.99. The van der Waals surface area contributed by atoms with Crippen LogP contribution in [0.15, 0.2) is 28.7 Å². The molecule has 1 N–H and O–H groups in total. The highest BCUT2D eigenvalue weighted by Gasteiger charge is 2.04. The maximum absolute atomic E-state index is 12.9. The van der Waals surface area contributed by atoms with Crippen LogP contribution in [0.1, 0.15) is 9.75 Å². The fourth-order valence-electron chi connectivity index (χ4n) is 1.42. The lowest BCUT2D eigenvalue weighted by atomic mass is 10.3. The van der Waals surface area contributed by atoms with Gasteiger partial charge in [0.1, 0.15) is 5.82 Å². The van der Waals surface area contributed by atoms with Gasteiger partial charge >= 0.3 is 0 Å². The highest BCUT2D eigenvalue weighted by molar-refractivity contribution is 14.1. The van der Waals surface area contributed by atoms with Crippen molar-refractivity contribution in [1.29, 1.82) is 0 Å². The summed E-state index contributed by atoms with van der Waals surface area (Å²) < 4.78 is 15.0. The van der Waals surface area contributed by atoms with Gasteiger partial charge in [-0.15, -0.1) is 11.3 Å². The molecule has 2 aromatic rings. The molecule has 2 rings (SSSR count). The van der Waals surface area contributed by atoms with E-state index >= 15 is 0 Å². The summed E-state index contributed by atoms with van der Waals surface area (Å²) in [5, 5.41) is 3.31. The smallest absolute Gasteiger partial charge is 0.124 e. The molecule has 5 heteroatoms. The topological polar surface area (TPSA) is 12.0 Å². The van der Waals surface area contributed by atoms with E-state index < -0.39 is 0 Å². The van der Waals surface area contributed by atoms with Crippen LogP contribution < -0.4 is 5.32 Å². The van der Waals surface area contributed by atoms with Crippen LogP contribution in [0.4, 0.5) is 10.1 Å². The number of halogens is 3.